The van der Waals surface area contributed by atoms with Gasteiger partial charge < -0.3 is 0 Å². The van der Waals surface area contributed by atoms with Crippen LogP contribution in [-0.2, 0) is 13.5 Å². The fourth-order valence-corrected chi connectivity index (χ4v) is 1.66. The van der Waals surface area contributed by atoms with Crippen molar-refractivity contribution in [3.05, 3.63) is 40.4 Å². The van der Waals surface area contributed by atoms with Gasteiger partial charge in [-0.25, -0.2) is 4.98 Å². The molecule has 1 aromatic carbocycles. The summed E-state index contributed by atoms with van der Waals surface area (Å²) in [5.74, 6) is 0.658. The number of hydrogen-bond acceptors (Lipinski definition) is 3. The molecule has 0 aliphatic heterocycles. The molecule has 0 atom stereocenters. The number of nitriles is 1. The third-order valence-corrected chi connectivity index (χ3v) is 2.54. The summed E-state index contributed by atoms with van der Waals surface area (Å²) in [6.07, 6.45) is 0.881. The molecule has 0 aliphatic carbocycles. The minimum absolute atomic E-state index is 0.0569. The molecule has 1 heterocycles. The SMILES string of the molecule is Cn1c(CCC#N)nc2ccccc2c1=O. The van der Waals surface area contributed by atoms with E-state index in [1.807, 2.05) is 18.2 Å². The smallest absolute Gasteiger partial charge is 0.261 e. The second-order valence-corrected chi connectivity index (χ2v) is 3.57. The van der Waals surface area contributed by atoms with E-state index in [-0.39, 0.29) is 5.56 Å². The molecule has 0 fully saturated rings. The predicted molar refractivity (Wildman–Crippen MR) is 60.9 cm³/mol. The van der Waals surface area contributed by atoms with Gasteiger partial charge in [-0.05, 0) is 12.1 Å². The average molecular weight is 213 g/mol. The first-order valence-corrected chi connectivity index (χ1v) is 5.05. The van der Waals surface area contributed by atoms with E-state index in [1.54, 1.807) is 13.1 Å². The molecule has 0 bridgehead atoms. The summed E-state index contributed by atoms with van der Waals surface area (Å²) in [4.78, 5) is 16.3. The molecule has 4 heteroatoms. The highest BCUT2D eigenvalue weighted by molar-refractivity contribution is 5.77. The zero-order chi connectivity index (χ0) is 11.5. The van der Waals surface area contributed by atoms with Crippen molar-refractivity contribution in [3.63, 3.8) is 0 Å². The summed E-state index contributed by atoms with van der Waals surface area (Å²) in [5, 5.41) is 9.15. The normalized spacial score (nSPS) is 10.2. The second kappa shape index (κ2) is 4.15. The summed E-state index contributed by atoms with van der Waals surface area (Å²) in [7, 11) is 1.69. The minimum atomic E-state index is -0.0569. The van der Waals surface area contributed by atoms with Crippen LogP contribution in [0.4, 0.5) is 0 Å². The number of hydrogen-bond donors (Lipinski definition) is 0. The Balaban J connectivity index is 2.65. The van der Waals surface area contributed by atoms with Crippen molar-refractivity contribution in [1.29, 1.82) is 5.26 Å². The number of benzene rings is 1. The monoisotopic (exact) mass is 213 g/mol. The zero-order valence-corrected chi connectivity index (χ0v) is 8.97. The topological polar surface area (TPSA) is 58.7 Å². The van der Waals surface area contributed by atoms with Crippen LogP contribution in [0.2, 0.25) is 0 Å². The predicted octanol–water partition coefficient (Wildman–Crippen LogP) is 1.39. The van der Waals surface area contributed by atoms with Gasteiger partial charge in [0.1, 0.15) is 5.82 Å². The second-order valence-electron chi connectivity index (χ2n) is 3.57. The molecule has 0 N–H and O–H groups in total. The van der Waals surface area contributed by atoms with Crippen molar-refractivity contribution in [2.45, 2.75) is 12.8 Å². The molecule has 4 nitrogen and oxygen atoms in total. The zero-order valence-electron chi connectivity index (χ0n) is 8.97. The van der Waals surface area contributed by atoms with Gasteiger partial charge in [0.05, 0.1) is 17.0 Å². The van der Waals surface area contributed by atoms with E-state index in [2.05, 4.69) is 11.1 Å². The lowest BCUT2D eigenvalue weighted by Crippen LogP contribution is -2.22. The van der Waals surface area contributed by atoms with Crippen molar-refractivity contribution in [2.75, 3.05) is 0 Å². The molecule has 80 valence electrons. The molecule has 0 radical (unpaired) electrons. The highest BCUT2D eigenvalue weighted by Crippen LogP contribution is 2.07. The van der Waals surface area contributed by atoms with E-state index in [1.165, 1.54) is 4.57 Å². The Morgan fingerprint density at radius 3 is 2.94 bits per heavy atom. The molecule has 0 saturated heterocycles. The van der Waals surface area contributed by atoms with Crippen LogP contribution in [0.15, 0.2) is 29.1 Å². The number of nitrogens with zero attached hydrogens (tertiary/aromatic N) is 3. The molecule has 2 aromatic rings. The Kier molecular flexibility index (Phi) is 2.69. The van der Waals surface area contributed by atoms with Gasteiger partial charge in [0.25, 0.3) is 5.56 Å². The molecule has 2 rings (SSSR count). The number of fused-ring (bicyclic) bond motifs is 1. The summed E-state index contributed by atoms with van der Waals surface area (Å²) >= 11 is 0. The molecular formula is C12H11N3O. The molecule has 0 saturated carbocycles. The van der Waals surface area contributed by atoms with Crippen molar-refractivity contribution in [3.8, 4) is 6.07 Å². The van der Waals surface area contributed by atoms with Gasteiger partial charge in [0.2, 0.25) is 0 Å². The van der Waals surface area contributed by atoms with Crippen molar-refractivity contribution >= 4 is 10.9 Å². The van der Waals surface area contributed by atoms with E-state index in [0.717, 1.165) is 0 Å². The molecule has 0 unspecified atom stereocenters. The highest BCUT2D eigenvalue weighted by atomic mass is 16.1. The van der Waals surface area contributed by atoms with Gasteiger partial charge in [-0.15, -0.1) is 0 Å². The van der Waals surface area contributed by atoms with Gasteiger partial charge in [-0.1, -0.05) is 12.1 Å². The minimum Gasteiger partial charge on any atom is -0.299 e. The summed E-state index contributed by atoms with van der Waals surface area (Å²) in [6, 6.07) is 9.30. The third kappa shape index (κ3) is 1.68. The van der Waals surface area contributed by atoms with E-state index in [4.69, 9.17) is 5.26 Å². The van der Waals surface area contributed by atoms with Gasteiger partial charge in [-0.2, -0.15) is 5.26 Å². The maximum Gasteiger partial charge on any atom is 0.261 e. The number of aromatic nitrogens is 2. The van der Waals surface area contributed by atoms with E-state index >= 15 is 0 Å². The largest absolute Gasteiger partial charge is 0.299 e. The first-order chi connectivity index (χ1) is 7.74. The number of rotatable bonds is 2. The van der Waals surface area contributed by atoms with Crippen LogP contribution in [0.5, 0.6) is 0 Å². The summed E-state index contributed by atoms with van der Waals surface area (Å²) in [6.45, 7) is 0. The van der Waals surface area contributed by atoms with Gasteiger partial charge >= 0.3 is 0 Å². The van der Waals surface area contributed by atoms with Gasteiger partial charge in [0, 0.05) is 19.9 Å². The van der Waals surface area contributed by atoms with Crippen LogP contribution < -0.4 is 5.56 Å². The lowest BCUT2D eigenvalue weighted by molar-refractivity contribution is 0.735. The van der Waals surface area contributed by atoms with E-state index in [0.29, 0.717) is 29.6 Å². The van der Waals surface area contributed by atoms with Crippen molar-refractivity contribution < 1.29 is 0 Å². The van der Waals surface area contributed by atoms with Crippen LogP contribution in [0.1, 0.15) is 12.2 Å². The quantitative estimate of drug-likeness (QED) is 0.757. The van der Waals surface area contributed by atoms with Crippen LogP contribution in [0.3, 0.4) is 0 Å². The number of para-hydroxylation sites is 1. The maximum absolute atomic E-state index is 12.0. The van der Waals surface area contributed by atoms with Crippen LogP contribution in [0, 0.1) is 11.3 Å². The van der Waals surface area contributed by atoms with E-state index in [9.17, 15) is 4.79 Å². The highest BCUT2D eigenvalue weighted by Gasteiger charge is 2.06. The maximum atomic E-state index is 12.0. The molecule has 1 aromatic heterocycles. The lowest BCUT2D eigenvalue weighted by Gasteiger charge is -2.07. The first kappa shape index (κ1) is 10.4. The Bertz CT molecular complexity index is 622. The van der Waals surface area contributed by atoms with Crippen LogP contribution >= 0.6 is 0 Å². The summed E-state index contributed by atoms with van der Waals surface area (Å²) < 4.78 is 1.51. The first-order valence-electron chi connectivity index (χ1n) is 5.05. The van der Waals surface area contributed by atoms with E-state index < -0.39 is 0 Å². The lowest BCUT2D eigenvalue weighted by atomic mass is 10.2. The molecule has 0 spiro atoms. The van der Waals surface area contributed by atoms with Crippen molar-refractivity contribution in [1.82, 2.24) is 9.55 Å². The molecule has 16 heavy (non-hydrogen) atoms. The Morgan fingerprint density at radius 1 is 1.44 bits per heavy atom. The van der Waals surface area contributed by atoms with Crippen molar-refractivity contribution in [2.24, 2.45) is 7.05 Å². The Labute approximate surface area is 92.8 Å². The van der Waals surface area contributed by atoms with Crippen LogP contribution in [0.25, 0.3) is 10.9 Å². The molecule has 0 amide bonds. The fraction of sp³-hybridized carbons (Fsp3) is 0.250. The number of aryl methyl sites for hydroxylation is 1. The molecule has 0 aliphatic rings. The van der Waals surface area contributed by atoms with Gasteiger partial charge in [0.15, 0.2) is 0 Å². The standard InChI is InChI=1S/C12H11N3O/c1-15-11(7-4-8-13)14-10-6-3-2-5-9(10)12(15)16/h2-3,5-6H,4,7H2,1H3. The third-order valence-electron chi connectivity index (χ3n) is 2.54. The van der Waals surface area contributed by atoms with Crippen LogP contribution in [-0.4, -0.2) is 9.55 Å². The average Bonchev–Trinajstić information content (AvgIpc) is 2.32. The Morgan fingerprint density at radius 2 is 2.19 bits per heavy atom. The Hall–Kier alpha value is -2.15. The summed E-state index contributed by atoms with van der Waals surface area (Å²) in [5.41, 5.74) is 0.636. The van der Waals surface area contributed by atoms with Gasteiger partial charge in [-0.3, -0.25) is 9.36 Å². The molecular weight excluding hydrogens is 202 g/mol. The fourth-order valence-electron chi connectivity index (χ4n) is 1.66.